The van der Waals surface area contributed by atoms with Crippen LogP contribution in [0.15, 0.2) is 18.2 Å². The SMILES string of the molecule is Cc1cc(Cl)ccc1-c1nc(N)n(C)n1. The van der Waals surface area contributed by atoms with Gasteiger partial charge in [-0.15, -0.1) is 5.10 Å². The maximum Gasteiger partial charge on any atom is 0.218 e. The smallest absolute Gasteiger partial charge is 0.218 e. The fourth-order valence-electron chi connectivity index (χ4n) is 1.39. The van der Waals surface area contributed by atoms with E-state index in [4.69, 9.17) is 17.3 Å². The van der Waals surface area contributed by atoms with E-state index in [9.17, 15) is 0 Å². The van der Waals surface area contributed by atoms with Gasteiger partial charge in [0.05, 0.1) is 0 Å². The molecular formula is C10H11ClN4. The molecule has 2 N–H and O–H groups in total. The van der Waals surface area contributed by atoms with Crippen LogP contribution in [-0.2, 0) is 7.05 Å². The average molecular weight is 223 g/mol. The first-order valence-corrected chi connectivity index (χ1v) is 4.89. The molecule has 0 saturated carbocycles. The van der Waals surface area contributed by atoms with Gasteiger partial charge in [-0.2, -0.15) is 4.98 Å². The summed E-state index contributed by atoms with van der Waals surface area (Å²) < 4.78 is 1.55. The number of nitrogens with zero attached hydrogens (tertiary/aromatic N) is 3. The Kier molecular flexibility index (Phi) is 2.36. The van der Waals surface area contributed by atoms with Crippen LogP contribution in [0.25, 0.3) is 11.4 Å². The molecule has 0 unspecified atom stereocenters. The van der Waals surface area contributed by atoms with E-state index in [1.807, 2.05) is 25.1 Å². The summed E-state index contributed by atoms with van der Waals surface area (Å²) in [5.41, 5.74) is 7.61. The molecule has 1 aromatic heterocycles. The van der Waals surface area contributed by atoms with Crippen molar-refractivity contribution >= 4 is 17.5 Å². The molecule has 0 radical (unpaired) electrons. The number of aromatic nitrogens is 3. The zero-order valence-electron chi connectivity index (χ0n) is 8.53. The van der Waals surface area contributed by atoms with Gasteiger partial charge in [0.25, 0.3) is 0 Å². The molecule has 1 aromatic carbocycles. The first kappa shape index (κ1) is 9.98. The van der Waals surface area contributed by atoms with Crippen molar-refractivity contribution in [1.82, 2.24) is 14.8 Å². The highest BCUT2D eigenvalue weighted by Crippen LogP contribution is 2.23. The molecule has 0 aliphatic heterocycles. The van der Waals surface area contributed by atoms with Crippen molar-refractivity contribution in [3.63, 3.8) is 0 Å². The lowest BCUT2D eigenvalue weighted by Crippen LogP contribution is -1.97. The van der Waals surface area contributed by atoms with Crippen molar-refractivity contribution in [1.29, 1.82) is 0 Å². The van der Waals surface area contributed by atoms with Gasteiger partial charge < -0.3 is 5.73 Å². The number of hydrogen-bond donors (Lipinski definition) is 1. The van der Waals surface area contributed by atoms with Crippen LogP contribution >= 0.6 is 11.6 Å². The Morgan fingerprint density at radius 2 is 2.13 bits per heavy atom. The van der Waals surface area contributed by atoms with Crippen molar-refractivity contribution in [3.05, 3.63) is 28.8 Å². The van der Waals surface area contributed by atoms with Gasteiger partial charge in [0.15, 0.2) is 5.82 Å². The molecule has 15 heavy (non-hydrogen) atoms. The third kappa shape index (κ3) is 1.80. The van der Waals surface area contributed by atoms with E-state index in [-0.39, 0.29) is 0 Å². The van der Waals surface area contributed by atoms with E-state index in [0.717, 1.165) is 11.1 Å². The van der Waals surface area contributed by atoms with Gasteiger partial charge in [0, 0.05) is 17.6 Å². The van der Waals surface area contributed by atoms with E-state index >= 15 is 0 Å². The van der Waals surface area contributed by atoms with E-state index in [2.05, 4.69) is 10.1 Å². The summed E-state index contributed by atoms with van der Waals surface area (Å²) in [7, 11) is 1.76. The van der Waals surface area contributed by atoms with Crippen LogP contribution in [-0.4, -0.2) is 14.8 Å². The fourth-order valence-corrected chi connectivity index (χ4v) is 1.62. The van der Waals surface area contributed by atoms with E-state index in [0.29, 0.717) is 16.8 Å². The minimum atomic E-state index is 0.402. The second kappa shape index (κ2) is 3.55. The Hall–Kier alpha value is -1.55. The van der Waals surface area contributed by atoms with Crippen LogP contribution in [0.4, 0.5) is 5.95 Å². The Morgan fingerprint density at radius 3 is 2.67 bits per heavy atom. The summed E-state index contributed by atoms with van der Waals surface area (Å²) >= 11 is 5.87. The number of hydrogen-bond acceptors (Lipinski definition) is 3. The quantitative estimate of drug-likeness (QED) is 0.803. The van der Waals surface area contributed by atoms with Crippen LogP contribution in [0.1, 0.15) is 5.56 Å². The van der Waals surface area contributed by atoms with Crippen molar-refractivity contribution < 1.29 is 0 Å². The monoisotopic (exact) mass is 222 g/mol. The van der Waals surface area contributed by atoms with Crippen LogP contribution < -0.4 is 5.73 Å². The molecule has 5 heteroatoms. The van der Waals surface area contributed by atoms with Gasteiger partial charge >= 0.3 is 0 Å². The second-order valence-corrected chi connectivity index (χ2v) is 3.81. The minimum absolute atomic E-state index is 0.402. The van der Waals surface area contributed by atoms with E-state index in [1.165, 1.54) is 0 Å². The summed E-state index contributed by atoms with van der Waals surface area (Å²) in [6, 6.07) is 5.59. The summed E-state index contributed by atoms with van der Waals surface area (Å²) in [6.07, 6.45) is 0. The van der Waals surface area contributed by atoms with Crippen molar-refractivity contribution in [2.24, 2.45) is 7.05 Å². The number of halogens is 1. The minimum Gasteiger partial charge on any atom is -0.368 e. The number of benzene rings is 1. The second-order valence-electron chi connectivity index (χ2n) is 3.38. The predicted octanol–water partition coefficient (Wildman–Crippen LogP) is 2.03. The standard InChI is InChI=1S/C10H11ClN4/c1-6-5-7(11)3-4-8(6)9-13-10(12)15(2)14-9/h3-5H,1-2H3,(H2,12,13,14). The fraction of sp³-hybridized carbons (Fsp3) is 0.200. The molecule has 1 heterocycles. The lowest BCUT2D eigenvalue weighted by atomic mass is 10.1. The van der Waals surface area contributed by atoms with Crippen LogP contribution in [0.5, 0.6) is 0 Å². The molecule has 2 rings (SSSR count). The Morgan fingerprint density at radius 1 is 1.40 bits per heavy atom. The number of rotatable bonds is 1. The summed E-state index contributed by atoms with van der Waals surface area (Å²) in [6.45, 7) is 1.97. The maximum absolute atomic E-state index is 5.87. The summed E-state index contributed by atoms with van der Waals surface area (Å²) in [5, 5.41) is 4.92. The van der Waals surface area contributed by atoms with Gasteiger partial charge in [-0.1, -0.05) is 11.6 Å². The number of aryl methyl sites for hydroxylation is 2. The molecular weight excluding hydrogens is 212 g/mol. The average Bonchev–Trinajstić information content (AvgIpc) is 2.46. The molecule has 0 fully saturated rings. The van der Waals surface area contributed by atoms with Gasteiger partial charge in [-0.25, -0.2) is 4.68 Å². The molecule has 2 aromatic rings. The van der Waals surface area contributed by atoms with Crippen molar-refractivity contribution in [3.8, 4) is 11.4 Å². The number of nitrogen functional groups attached to an aromatic ring is 1. The van der Waals surface area contributed by atoms with Gasteiger partial charge in [0.1, 0.15) is 0 Å². The van der Waals surface area contributed by atoms with Gasteiger partial charge in [-0.05, 0) is 30.7 Å². The first-order chi connectivity index (χ1) is 7.08. The highest BCUT2D eigenvalue weighted by atomic mass is 35.5. The normalized spacial score (nSPS) is 10.6. The van der Waals surface area contributed by atoms with Crippen LogP contribution in [0.2, 0.25) is 5.02 Å². The Bertz CT molecular complexity index is 485. The molecule has 0 aliphatic carbocycles. The largest absolute Gasteiger partial charge is 0.368 e. The lowest BCUT2D eigenvalue weighted by Gasteiger charge is -2.00. The highest BCUT2D eigenvalue weighted by Gasteiger charge is 2.09. The zero-order valence-corrected chi connectivity index (χ0v) is 9.28. The molecule has 0 spiro atoms. The van der Waals surface area contributed by atoms with E-state index < -0.39 is 0 Å². The molecule has 0 amide bonds. The van der Waals surface area contributed by atoms with Gasteiger partial charge in [-0.3, -0.25) is 0 Å². The molecule has 0 saturated heterocycles. The number of anilines is 1. The molecule has 0 aliphatic rings. The first-order valence-electron chi connectivity index (χ1n) is 4.51. The molecule has 78 valence electrons. The predicted molar refractivity (Wildman–Crippen MR) is 60.6 cm³/mol. The Labute approximate surface area is 92.7 Å². The van der Waals surface area contributed by atoms with Crippen LogP contribution in [0.3, 0.4) is 0 Å². The molecule has 0 bridgehead atoms. The third-order valence-electron chi connectivity index (χ3n) is 2.23. The Balaban J connectivity index is 2.54. The summed E-state index contributed by atoms with van der Waals surface area (Å²) in [5.74, 6) is 1.03. The highest BCUT2D eigenvalue weighted by molar-refractivity contribution is 6.30. The summed E-state index contributed by atoms with van der Waals surface area (Å²) in [4.78, 5) is 4.16. The molecule has 0 atom stereocenters. The number of nitrogens with two attached hydrogens (primary N) is 1. The zero-order chi connectivity index (χ0) is 11.0. The van der Waals surface area contributed by atoms with E-state index in [1.54, 1.807) is 11.7 Å². The van der Waals surface area contributed by atoms with Crippen molar-refractivity contribution in [2.45, 2.75) is 6.92 Å². The lowest BCUT2D eigenvalue weighted by molar-refractivity contribution is 0.780. The third-order valence-corrected chi connectivity index (χ3v) is 2.46. The van der Waals surface area contributed by atoms with Gasteiger partial charge in [0.2, 0.25) is 5.95 Å². The maximum atomic E-state index is 5.87. The molecule has 4 nitrogen and oxygen atoms in total. The van der Waals surface area contributed by atoms with Crippen LogP contribution in [0, 0.1) is 6.92 Å². The van der Waals surface area contributed by atoms with Crippen molar-refractivity contribution in [2.75, 3.05) is 5.73 Å². The topological polar surface area (TPSA) is 56.7 Å².